The Morgan fingerprint density at radius 3 is 2.53 bits per heavy atom. The molecule has 0 unspecified atom stereocenters. The number of nitrogens with zero attached hydrogens (tertiary/aromatic N) is 1. The van der Waals surface area contributed by atoms with Gasteiger partial charge in [0.2, 0.25) is 0 Å². The van der Waals surface area contributed by atoms with E-state index in [2.05, 4.69) is 5.32 Å². The van der Waals surface area contributed by atoms with Gasteiger partial charge in [0.05, 0.1) is 5.56 Å². The summed E-state index contributed by atoms with van der Waals surface area (Å²) < 4.78 is 37.5. The number of rotatable bonds is 2. The number of nitriles is 1. The molecule has 0 radical (unpaired) electrons. The van der Waals surface area contributed by atoms with Crippen molar-refractivity contribution in [3.05, 3.63) is 41.1 Å². The van der Waals surface area contributed by atoms with Gasteiger partial charge in [-0.1, -0.05) is 18.3 Å². The van der Waals surface area contributed by atoms with E-state index in [-0.39, 0.29) is 21.9 Å². The van der Waals surface area contributed by atoms with Crippen LogP contribution in [0, 0.1) is 11.3 Å². The third kappa shape index (κ3) is 3.96. The molecule has 0 saturated carbocycles. The minimum atomic E-state index is -4.43. The zero-order valence-electron chi connectivity index (χ0n) is 9.88. The first kappa shape index (κ1) is 15.0. The summed E-state index contributed by atoms with van der Waals surface area (Å²) in [6, 6.07) is 6.32. The van der Waals surface area contributed by atoms with Crippen LogP contribution in [0.1, 0.15) is 12.5 Å². The number of nitrogens with two attached hydrogens (primary N) is 1. The molecule has 0 aliphatic heterocycles. The molecule has 100 valence electrons. The van der Waals surface area contributed by atoms with E-state index in [9.17, 15) is 13.2 Å². The van der Waals surface area contributed by atoms with Crippen LogP contribution in [0.5, 0.6) is 0 Å². The van der Waals surface area contributed by atoms with Gasteiger partial charge >= 0.3 is 6.18 Å². The maximum absolute atomic E-state index is 12.5. The fourth-order valence-electron chi connectivity index (χ4n) is 1.28. The Labute approximate surface area is 113 Å². The van der Waals surface area contributed by atoms with E-state index in [0.717, 1.165) is 12.1 Å². The predicted octanol–water partition coefficient (Wildman–Crippen LogP) is 3.20. The Balaban J connectivity index is 3.00. The molecule has 3 nitrogen and oxygen atoms in total. The normalized spacial score (nSPS) is 12.4. The molecule has 0 fully saturated rings. The molecule has 0 bridgehead atoms. The number of benzene rings is 1. The molecular weight excluding hydrogens is 275 g/mol. The second kappa shape index (κ2) is 5.71. The van der Waals surface area contributed by atoms with Crippen molar-refractivity contribution in [1.29, 1.82) is 5.26 Å². The van der Waals surface area contributed by atoms with E-state index >= 15 is 0 Å². The summed E-state index contributed by atoms with van der Waals surface area (Å²) in [5, 5.41) is 11.4. The molecule has 0 aromatic heterocycles. The molecule has 0 aliphatic carbocycles. The minimum absolute atomic E-state index is 0.0122. The van der Waals surface area contributed by atoms with Gasteiger partial charge in [0.25, 0.3) is 0 Å². The summed E-state index contributed by atoms with van der Waals surface area (Å²) in [5.74, 6) is 0. The molecule has 0 spiro atoms. The first-order valence-electron chi connectivity index (χ1n) is 5.10. The van der Waals surface area contributed by atoms with Crippen molar-refractivity contribution in [2.24, 2.45) is 5.73 Å². The Morgan fingerprint density at radius 2 is 2.05 bits per heavy atom. The highest BCUT2D eigenvalue weighted by Gasteiger charge is 2.30. The maximum atomic E-state index is 12.5. The first-order chi connectivity index (χ1) is 8.75. The van der Waals surface area contributed by atoms with Crippen LogP contribution < -0.4 is 11.1 Å². The van der Waals surface area contributed by atoms with Crippen molar-refractivity contribution >= 4 is 22.9 Å². The largest absolute Gasteiger partial charge is 0.416 e. The average molecular weight is 285 g/mol. The Bertz CT molecular complexity index is 566. The van der Waals surface area contributed by atoms with Gasteiger partial charge in [-0.2, -0.15) is 18.4 Å². The van der Waals surface area contributed by atoms with Crippen molar-refractivity contribution in [3.8, 4) is 6.07 Å². The van der Waals surface area contributed by atoms with Crippen molar-refractivity contribution < 1.29 is 13.2 Å². The van der Waals surface area contributed by atoms with Crippen LogP contribution >= 0.6 is 12.2 Å². The lowest BCUT2D eigenvalue weighted by molar-refractivity contribution is -0.137. The summed E-state index contributed by atoms with van der Waals surface area (Å²) in [6.07, 6.45) is -4.43. The fraction of sp³-hybridized carbons (Fsp3) is 0.167. The number of hydrogen-bond donors (Lipinski definition) is 2. The Morgan fingerprint density at radius 1 is 1.42 bits per heavy atom. The molecule has 1 aromatic rings. The lowest BCUT2D eigenvalue weighted by Crippen LogP contribution is -2.15. The van der Waals surface area contributed by atoms with E-state index in [1.807, 2.05) is 0 Å². The smallest absolute Gasteiger partial charge is 0.401 e. The van der Waals surface area contributed by atoms with E-state index in [0.29, 0.717) is 0 Å². The molecule has 19 heavy (non-hydrogen) atoms. The summed E-state index contributed by atoms with van der Waals surface area (Å²) in [4.78, 5) is -0.0122. The minimum Gasteiger partial charge on any atom is -0.401 e. The highest BCUT2D eigenvalue weighted by molar-refractivity contribution is 7.81. The molecule has 0 saturated heterocycles. The van der Waals surface area contributed by atoms with E-state index in [1.54, 1.807) is 6.07 Å². The van der Waals surface area contributed by atoms with Gasteiger partial charge in [0, 0.05) is 11.4 Å². The molecule has 3 N–H and O–H groups in total. The lowest BCUT2D eigenvalue weighted by Gasteiger charge is -2.11. The first-order valence-corrected chi connectivity index (χ1v) is 5.51. The molecule has 0 heterocycles. The van der Waals surface area contributed by atoms with Gasteiger partial charge < -0.3 is 11.1 Å². The highest BCUT2D eigenvalue weighted by atomic mass is 32.1. The van der Waals surface area contributed by atoms with Gasteiger partial charge in [-0.25, -0.2) is 0 Å². The van der Waals surface area contributed by atoms with Crippen LogP contribution in [0.15, 0.2) is 35.5 Å². The molecule has 0 amide bonds. The molecule has 0 aliphatic rings. The number of allylic oxidation sites excluding steroid dienone is 1. The third-order valence-corrected chi connectivity index (χ3v) is 2.49. The van der Waals surface area contributed by atoms with Crippen LogP contribution in [0.3, 0.4) is 0 Å². The van der Waals surface area contributed by atoms with Crippen LogP contribution in [0.25, 0.3) is 0 Å². The second-order valence-electron chi connectivity index (χ2n) is 3.70. The second-order valence-corrected chi connectivity index (χ2v) is 4.11. The van der Waals surface area contributed by atoms with Crippen molar-refractivity contribution in [3.63, 3.8) is 0 Å². The van der Waals surface area contributed by atoms with Crippen molar-refractivity contribution in [2.45, 2.75) is 13.1 Å². The third-order valence-electron chi connectivity index (χ3n) is 2.18. The Kier molecular flexibility index (Phi) is 4.51. The lowest BCUT2D eigenvalue weighted by atomic mass is 10.2. The fourth-order valence-corrected chi connectivity index (χ4v) is 1.61. The number of halogens is 3. The molecule has 1 aromatic carbocycles. The van der Waals surface area contributed by atoms with Crippen molar-refractivity contribution in [2.75, 3.05) is 5.32 Å². The van der Waals surface area contributed by atoms with Gasteiger partial charge in [0.1, 0.15) is 16.6 Å². The summed E-state index contributed by atoms with van der Waals surface area (Å²) in [6.45, 7) is 1.48. The molecule has 0 atom stereocenters. The number of anilines is 1. The summed E-state index contributed by atoms with van der Waals surface area (Å²) >= 11 is 4.92. The monoisotopic (exact) mass is 285 g/mol. The SMILES string of the molecule is C/C(N)=C(/C#N)C(=S)Nc1cccc(C(F)(F)F)c1. The number of alkyl halides is 3. The van der Waals surface area contributed by atoms with Crippen LogP contribution in [-0.4, -0.2) is 4.99 Å². The standard InChI is InChI=1S/C12H10F3N3S/c1-7(17)10(6-16)11(19)18-9-4-2-3-8(5-9)12(13,14)15/h2-5H,17H2,1H3,(H,18,19)/b10-7+. The maximum Gasteiger partial charge on any atom is 0.416 e. The van der Waals surface area contributed by atoms with Gasteiger partial charge in [0.15, 0.2) is 0 Å². The zero-order chi connectivity index (χ0) is 14.6. The number of nitrogens with one attached hydrogen (secondary N) is 1. The molecule has 7 heteroatoms. The van der Waals surface area contributed by atoms with E-state index in [4.69, 9.17) is 23.2 Å². The average Bonchev–Trinajstić information content (AvgIpc) is 2.28. The molecule has 1 rings (SSSR count). The topological polar surface area (TPSA) is 61.8 Å². The quantitative estimate of drug-likeness (QED) is 0.497. The highest BCUT2D eigenvalue weighted by Crippen LogP contribution is 2.30. The zero-order valence-corrected chi connectivity index (χ0v) is 10.7. The van der Waals surface area contributed by atoms with E-state index < -0.39 is 11.7 Å². The van der Waals surface area contributed by atoms with E-state index in [1.165, 1.54) is 19.1 Å². The van der Waals surface area contributed by atoms with Crippen molar-refractivity contribution in [1.82, 2.24) is 0 Å². The summed E-state index contributed by atoms with van der Waals surface area (Å²) in [7, 11) is 0. The van der Waals surface area contributed by atoms with Crippen LogP contribution in [0.2, 0.25) is 0 Å². The Hall–Kier alpha value is -2.07. The predicted molar refractivity (Wildman–Crippen MR) is 70.2 cm³/mol. The van der Waals surface area contributed by atoms with Gasteiger partial charge in [-0.05, 0) is 25.1 Å². The summed E-state index contributed by atoms with van der Waals surface area (Å²) in [5.41, 5.74) is 5.03. The van der Waals surface area contributed by atoms with Crippen LogP contribution in [0.4, 0.5) is 18.9 Å². The number of hydrogen-bond acceptors (Lipinski definition) is 3. The van der Waals surface area contributed by atoms with Gasteiger partial charge in [-0.15, -0.1) is 0 Å². The molecular formula is C12H10F3N3S. The van der Waals surface area contributed by atoms with Crippen LogP contribution in [-0.2, 0) is 6.18 Å². The number of thiocarbonyl (C=S) groups is 1. The van der Waals surface area contributed by atoms with Gasteiger partial charge in [-0.3, -0.25) is 0 Å².